The average molecular weight is 399 g/mol. The van der Waals surface area contributed by atoms with Gasteiger partial charge in [-0.05, 0) is 40.8 Å². The van der Waals surface area contributed by atoms with Crippen molar-refractivity contribution in [3.8, 4) is 5.75 Å². The molecule has 5 rings (SSSR count). The first kappa shape index (κ1) is 18.9. The van der Waals surface area contributed by atoms with Gasteiger partial charge >= 0.3 is 0 Å². The van der Waals surface area contributed by atoms with E-state index >= 15 is 0 Å². The Kier molecular flexibility index (Phi) is 5.01. The van der Waals surface area contributed by atoms with Crippen molar-refractivity contribution in [1.29, 1.82) is 0 Å². The van der Waals surface area contributed by atoms with Crippen LogP contribution in [0.5, 0.6) is 5.75 Å². The van der Waals surface area contributed by atoms with Crippen molar-refractivity contribution in [3.05, 3.63) is 101 Å². The molecule has 4 heteroatoms. The highest BCUT2D eigenvalue weighted by molar-refractivity contribution is 5.86. The standard InChI is InChI=1S/C26H25NO3/c1-29-21-13-11-18(12-14-21)15-23-22-10-6-5-9-20(22)16-25-27(26(23)28)24(17-30-25)19-7-3-2-4-8-19/h2-14,23-25H,15-17H2,1H3/t23-,24-,25-/m1/s1. The first-order chi connectivity index (χ1) is 14.7. The van der Waals surface area contributed by atoms with Gasteiger partial charge in [-0.3, -0.25) is 4.79 Å². The molecule has 4 nitrogen and oxygen atoms in total. The molecule has 1 saturated heterocycles. The molecule has 0 radical (unpaired) electrons. The summed E-state index contributed by atoms with van der Waals surface area (Å²) in [6.07, 6.45) is 1.17. The maximum absolute atomic E-state index is 13.9. The molecule has 0 unspecified atom stereocenters. The average Bonchev–Trinajstić information content (AvgIpc) is 3.17. The third-order valence-corrected chi connectivity index (χ3v) is 6.25. The number of rotatable bonds is 4. The quantitative estimate of drug-likeness (QED) is 0.648. The topological polar surface area (TPSA) is 38.8 Å². The number of methoxy groups -OCH3 is 1. The van der Waals surface area contributed by atoms with Crippen LogP contribution in [0.4, 0.5) is 0 Å². The molecule has 0 aliphatic carbocycles. The molecule has 0 N–H and O–H groups in total. The van der Waals surface area contributed by atoms with Crippen molar-refractivity contribution < 1.29 is 14.3 Å². The molecule has 0 saturated carbocycles. The van der Waals surface area contributed by atoms with Crippen LogP contribution in [0, 0.1) is 0 Å². The molecule has 3 aromatic rings. The van der Waals surface area contributed by atoms with Crippen molar-refractivity contribution in [3.63, 3.8) is 0 Å². The summed E-state index contributed by atoms with van der Waals surface area (Å²) >= 11 is 0. The lowest BCUT2D eigenvalue weighted by atomic mass is 9.88. The van der Waals surface area contributed by atoms with Gasteiger partial charge < -0.3 is 14.4 Å². The minimum absolute atomic E-state index is 0.0450. The van der Waals surface area contributed by atoms with Crippen LogP contribution in [0.3, 0.4) is 0 Å². The van der Waals surface area contributed by atoms with Gasteiger partial charge in [0.05, 0.1) is 25.7 Å². The predicted octanol–water partition coefficient (Wildman–Crippen LogP) is 4.50. The Morgan fingerprint density at radius 1 is 0.967 bits per heavy atom. The monoisotopic (exact) mass is 399 g/mol. The fourth-order valence-electron chi connectivity index (χ4n) is 4.70. The number of fused-ring (bicyclic) bond motifs is 2. The third-order valence-electron chi connectivity index (χ3n) is 6.25. The smallest absolute Gasteiger partial charge is 0.233 e. The van der Waals surface area contributed by atoms with E-state index in [0.717, 1.165) is 28.9 Å². The van der Waals surface area contributed by atoms with Gasteiger partial charge in [0.2, 0.25) is 5.91 Å². The second-order valence-corrected chi connectivity index (χ2v) is 7.97. The molecule has 2 aliphatic rings. The Hall–Kier alpha value is -3.11. The van der Waals surface area contributed by atoms with Gasteiger partial charge in [-0.25, -0.2) is 0 Å². The molecule has 3 aromatic carbocycles. The zero-order chi connectivity index (χ0) is 20.5. The second-order valence-electron chi connectivity index (χ2n) is 7.97. The lowest BCUT2D eigenvalue weighted by Crippen LogP contribution is -2.40. The summed E-state index contributed by atoms with van der Waals surface area (Å²) in [5.74, 6) is 0.739. The minimum atomic E-state index is -0.229. The van der Waals surface area contributed by atoms with Crippen molar-refractivity contribution in [2.24, 2.45) is 0 Å². The summed E-state index contributed by atoms with van der Waals surface area (Å²) < 4.78 is 11.4. The Labute approximate surface area is 177 Å². The van der Waals surface area contributed by atoms with Gasteiger partial charge in [0, 0.05) is 6.42 Å². The van der Waals surface area contributed by atoms with Crippen LogP contribution < -0.4 is 4.74 Å². The highest BCUT2D eigenvalue weighted by Gasteiger charge is 2.44. The van der Waals surface area contributed by atoms with Crippen molar-refractivity contribution in [2.45, 2.75) is 31.0 Å². The molecule has 30 heavy (non-hydrogen) atoms. The molecule has 2 aliphatic heterocycles. The normalized spacial score (nSPS) is 22.9. The predicted molar refractivity (Wildman–Crippen MR) is 115 cm³/mol. The molecule has 0 bridgehead atoms. The van der Waals surface area contributed by atoms with E-state index in [2.05, 4.69) is 24.3 Å². The van der Waals surface area contributed by atoms with Crippen LogP contribution in [0.15, 0.2) is 78.9 Å². The second kappa shape index (κ2) is 7.96. The Morgan fingerprint density at radius 2 is 1.70 bits per heavy atom. The molecule has 0 aromatic heterocycles. The Balaban J connectivity index is 1.53. The van der Waals surface area contributed by atoms with Crippen molar-refractivity contribution in [1.82, 2.24) is 4.90 Å². The van der Waals surface area contributed by atoms with E-state index in [1.807, 2.05) is 59.5 Å². The first-order valence-corrected chi connectivity index (χ1v) is 10.4. The molecule has 3 atom stereocenters. The fraction of sp³-hybridized carbons (Fsp3) is 0.269. The summed E-state index contributed by atoms with van der Waals surface area (Å²) in [6, 6.07) is 26.5. The van der Waals surface area contributed by atoms with Gasteiger partial charge in [-0.15, -0.1) is 0 Å². The first-order valence-electron chi connectivity index (χ1n) is 10.4. The highest BCUT2D eigenvalue weighted by Crippen LogP contribution is 2.40. The molecular formula is C26H25NO3. The van der Waals surface area contributed by atoms with E-state index < -0.39 is 0 Å². The highest BCUT2D eigenvalue weighted by atomic mass is 16.5. The Bertz CT molecular complexity index is 1030. The lowest BCUT2D eigenvalue weighted by Gasteiger charge is -2.29. The maximum Gasteiger partial charge on any atom is 0.233 e. The van der Waals surface area contributed by atoms with Crippen LogP contribution in [0.2, 0.25) is 0 Å². The van der Waals surface area contributed by atoms with Gasteiger partial charge in [-0.1, -0.05) is 66.7 Å². The van der Waals surface area contributed by atoms with E-state index in [1.165, 1.54) is 5.56 Å². The number of amides is 1. The summed E-state index contributed by atoms with van der Waals surface area (Å²) in [6.45, 7) is 0.540. The lowest BCUT2D eigenvalue weighted by molar-refractivity contribution is -0.138. The number of carbonyl (C=O) groups is 1. The van der Waals surface area contributed by atoms with Gasteiger partial charge in [0.25, 0.3) is 0 Å². The Morgan fingerprint density at radius 3 is 2.47 bits per heavy atom. The SMILES string of the molecule is COc1ccc(C[C@H]2C(=O)N3[C@@H](c4ccccc4)CO[C@@H]3Cc3ccccc32)cc1. The number of ether oxygens (including phenoxy) is 2. The maximum atomic E-state index is 13.9. The van der Waals surface area contributed by atoms with Crippen LogP contribution in [-0.4, -0.2) is 30.8 Å². The van der Waals surface area contributed by atoms with E-state index in [9.17, 15) is 4.79 Å². The van der Waals surface area contributed by atoms with Crippen molar-refractivity contribution >= 4 is 5.91 Å². The fourth-order valence-corrected chi connectivity index (χ4v) is 4.70. The zero-order valence-electron chi connectivity index (χ0n) is 17.0. The van der Waals surface area contributed by atoms with Crippen LogP contribution in [0.1, 0.15) is 34.2 Å². The molecular weight excluding hydrogens is 374 g/mol. The van der Waals surface area contributed by atoms with Gasteiger partial charge in [0.1, 0.15) is 12.0 Å². The number of carbonyl (C=O) groups excluding carboxylic acids is 1. The minimum Gasteiger partial charge on any atom is -0.497 e. The molecule has 152 valence electrons. The number of benzene rings is 3. The number of hydrogen-bond acceptors (Lipinski definition) is 3. The van der Waals surface area contributed by atoms with E-state index in [-0.39, 0.29) is 24.1 Å². The summed E-state index contributed by atoms with van der Waals surface area (Å²) in [4.78, 5) is 15.9. The van der Waals surface area contributed by atoms with Gasteiger partial charge in [0.15, 0.2) is 0 Å². The largest absolute Gasteiger partial charge is 0.497 e. The molecule has 1 amide bonds. The molecule has 2 heterocycles. The summed E-state index contributed by atoms with van der Waals surface area (Å²) in [7, 11) is 1.66. The van der Waals surface area contributed by atoms with Crippen LogP contribution in [0.25, 0.3) is 0 Å². The van der Waals surface area contributed by atoms with Gasteiger partial charge in [-0.2, -0.15) is 0 Å². The summed E-state index contributed by atoms with van der Waals surface area (Å²) in [5.41, 5.74) is 4.56. The van der Waals surface area contributed by atoms with Crippen LogP contribution in [-0.2, 0) is 22.4 Å². The van der Waals surface area contributed by atoms with Crippen molar-refractivity contribution in [2.75, 3.05) is 13.7 Å². The van der Waals surface area contributed by atoms with Crippen LogP contribution >= 0.6 is 0 Å². The van der Waals surface area contributed by atoms with E-state index in [0.29, 0.717) is 13.0 Å². The number of nitrogens with zero attached hydrogens (tertiary/aromatic N) is 1. The third kappa shape index (κ3) is 3.37. The van der Waals surface area contributed by atoms with E-state index in [4.69, 9.17) is 9.47 Å². The van der Waals surface area contributed by atoms with E-state index in [1.54, 1.807) is 7.11 Å². The molecule has 1 fully saturated rings. The zero-order valence-corrected chi connectivity index (χ0v) is 17.0. The summed E-state index contributed by atoms with van der Waals surface area (Å²) in [5, 5.41) is 0. The molecule has 0 spiro atoms. The number of hydrogen-bond donors (Lipinski definition) is 0.